The second kappa shape index (κ2) is 69.8. The summed E-state index contributed by atoms with van der Waals surface area (Å²) in [6.45, 7) is 4.71. The van der Waals surface area contributed by atoms with Gasteiger partial charge in [-0.25, -0.2) is 4.79 Å². The number of quaternary nitrogens is 1. The highest BCUT2D eigenvalue weighted by molar-refractivity contribution is 5.71. The van der Waals surface area contributed by atoms with Crippen molar-refractivity contribution in [2.45, 2.75) is 334 Å². The fraction of sp³-hybridized carbons (Fsp3) is 0.738. The van der Waals surface area contributed by atoms with Crippen LogP contribution in [-0.2, 0) is 33.3 Å². The van der Waals surface area contributed by atoms with Crippen LogP contribution in [-0.4, -0.2) is 87.4 Å². The molecule has 0 amide bonds. The molecule has 0 heterocycles. The van der Waals surface area contributed by atoms with Crippen LogP contribution < -0.4 is 0 Å². The molecule has 0 radical (unpaired) electrons. The Hall–Kier alpha value is -4.05. The van der Waals surface area contributed by atoms with Crippen molar-refractivity contribution in [1.29, 1.82) is 0 Å². The van der Waals surface area contributed by atoms with Gasteiger partial charge >= 0.3 is 17.9 Å². The van der Waals surface area contributed by atoms with Gasteiger partial charge in [0.25, 0.3) is 6.29 Å². The lowest BCUT2D eigenvalue weighted by molar-refractivity contribution is -0.870. The first kappa shape index (κ1) is 85.0. The van der Waals surface area contributed by atoms with Gasteiger partial charge in [-0.15, -0.1) is 0 Å². The molecule has 0 saturated heterocycles. The predicted molar refractivity (Wildman–Crippen MR) is 382 cm³/mol. The van der Waals surface area contributed by atoms with E-state index in [9.17, 15) is 19.5 Å². The standard InChI is InChI=1S/C80H139NO8/c1-6-8-10-12-14-16-18-20-22-24-26-28-30-31-32-33-34-35-36-37-38-39-40-41-42-43-44-45-46-47-49-50-52-54-56-58-60-62-64-66-68-70-77(82)87-74-76(75-88-80(79(84)85)86-73-72-81(3,4)5)89-78(83)71-69-67-65-63-61-59-57-55-53-51-48-29-27-25-23-21-19-17-15-13-11-9-7-2/h9,11,15,17-18,20-21,23-24,26-27,29,51,53,57,59,63,65,76,80H,6-8,10,12-14,16,19,22,25,28,30-50,52,54-56,58,60-62,64,66-75H2,1-5H3/p+1/b11-9-,17-15-,20-18-,23-21-,26-24-,29-27-,53-51-,59-57-,65-63-. The Kier molecular flexibility index (Phi) is 66.7. The Bertz CT molecular complexity index is 1830. The van der Waals surface area contributed by atoms with Gasteiger partial charge in [0.1, 0.15) is 13.2 Å². The van der Waals surface area contributed by atoms with E-state index < -0.39 is 24.3 Å². The zero-order valence-corrected chi connectivity index (χ0v) is 58.6. The lowest BCUT2D eigenvalue weighted by Crippen LogP contribution is -2.40. The molecule has 9 nitrogen and oxygen atoms in total. The van der Waals surface area contributed by atoms with Gasteiger partial charge in [0.15, 0.2) is 6.10 Å². The molecule has 0 aromatic rings. The lowest BCUT2D eigenvalue weighted by Gasteiger charge is -2.25. The zero-order chi connectivity index (χ0) is 64.7. The van der Waals surface area contributed by atoms with Crippen LogP contribution in [0.5, 0.6) is 0 Å². The van der Waals surface area contributed by atoms with E-state index in [1.807, 2.05) is 21.1 Å². The molecule has 0 aliphatic carbocycles. The number of aliphatic carboxylic acids is 1. The first-order valence-corrected chi connectivity index (χ1v) is 37.1. The minimum absolute atomic E-state index is 0.173. The van der Waals surface area contributed by atoms with Crippen molar-refractivity contribution >= 4 is 17.9 Å². The average molecular weight is 1240 g/mol. The fourth-order valence-corrected chi connectivity index (χ4v) is 10.4. The molecule has 89 heavy (non-hydrogen) atoms. The van der Waals surface area contributed by atoms with Gasteiger partial charge in [0.05, 0.1) is 34.4 Å². The summed E-state index contributed by atoms with van der Waals surface area (Å²) in [7, 11) is 5.96. The zero-order valence-electron chi connectivity index (χ0n) is 58.6. The number of likely N-dealkylation sites (N-methyl/N-ethyl adjacent to an activating group) is 1. The van der Waals surface area contributed by atoms with E-state index in [-0.39, 0.29) is 38.6 Å². The van der Waals surface area contributed by atoms with Crippen LogP contribution in [0, 0.1) is 0 Å². The maximum absolute atomic E-state index is 12.9. The summed E-state index contributed by atoms with van der Waals surface area (Å²) in [6, 6.07) is 0. The van der Waals surface area contributed by atoms with Crippen molar-refractivity contribution in [1.82, 2.24) is 0 Å². The van der Waals surface area contributed by atoms with Gasteiger partial charge in [-0.2, -0.15) is 0 Å². The Balaban J connectivity index is 4.02. The van der Waals surface area contributed by atoms with Crippen molar-refractivity contribution in [2.75, 3.05) is 47.5 Å². The van der Waals surface area contributed by atoms with Crippen LogP contribution in [0.25, 0.3) is 0 Å². The molecule has 0 aromatic heterocycles. The summed E-state index contributed by atoms with van der Waals surface area (Å²) in [6.07, 6.45) is 95.4. The third-order valence-electron chi connectivity index (χ3n) is 16.0. The number of carboxylic acid groups (broad SMARTS) is 1. The first-order chi connectivity index (χ1) is 43.6. The monoisotopic (exact) mass is 1240 g/mol. The minimum Gasteiger partial charge on any atom is -0.477 e. The first-order valence-electron chi connectivity index (χ1n) is 37.1. The Morgan fingerprint density at radius 2 is 0.652 bits per heavy atom. The number of esters is 2. The van der Waals surface area contributed by atoms with Crippen LogP contribution in [0.1, 0.15) is 322 Å². The molecule has 0 aromatic carbocycles. The molecule has 0 aliphatic heterocycles. The summed E-state index contributed by atoms with van der Waals surface area (Å²) in [5.74, 6) is -2.08. The van der Waals surface area contributed by atoms with Gasteiger partial charge in [0, 0.05) is 12.8 Å². The molecule has 1 N–H and O–H groups in total. The number of carboxylic acids is 1. The van der Waals surface area contributed by atoms with Gasteiger partial charge in [-0.1, -0.05) is 322 Å². The summed E-state index contributed by atoms with van der Waals surface area (Å²) < 4.78 is 22.9. The van der Waals surface area contributed by atoms with Gasteiger partial charge in [-0.3, -0.25) is 9.59 Å². The highest BCUT2D eigenvalue weighted by atomic mass is 16.7. The van der Waals surface area contributed by atoms with Crippen LogP contribution in [0.3, 0.4) is 0 Å². The van der Waals surface area contributed by atoms with E-state index in [1.165, 1.54) is 212 Å². The molecule has 0 rings (SSSR count). The highest BCUT2D eigenvalue weighted by Crippen LogP contribution is 2.18. The van der Waals surface area contributed by atoms with Gasteiger partial charge in [-0.05, 0) is 96.3 Å². The molecular weight excluding hydrogens is 1100 g/mol. The molecule has 0 aliphatic rings. The van der Waals surface area contributed by atoms with Gasteiger partial charge < -0.3 is 28.5 Å². The average Bonchev–Trinajstić information content (AvgIpc) is 3.64. The molecule has 2 unspecified atom stereocenters. The topological polar surface area (TPSA) is 108 Å². The maximum atomic E-state index is 12.9. The van der Waals surface area contributed by atoms with Crippen molar-refractivity contribution in [3.8, 4) is 0 Å². The number of hydrogen-bond donors (Lipinski definition) is 1. The number of unbranched alkanes of at least 4 members (excludes halogenated alkanes) is 35. The van der Waals surface area contributed by atoms with Crippen LogP contribution in [0.2, 0.25) is 0 Å². The number of hydrogen-bond acceptors (Lipinski definition) is 7. The smallest absolute Gasteiger partial charge is 0.361 e. The number of nitrogens with zero attached hydrogens (tertiary/aromatic N) is 1. The second-order valence-electron chi connectivity index (χ2n) is 25.9. The summed E-state index contributed by atoms with van der Waals surface area (Å²) in [5.41, 5.74) is 0. The highest BCUT2D eigenvalue weighted by Gasteiger charge is 2.25. The molecule has 0 bridgehead atoms. The molecule has 0 saturated carbocycles. The normalized spacial score (nSPS) is 13.3. The molecule has 2 atom stereocenters. The van der Waals surface area contributed by atoms with E-state index in [0.717, 1.165) is 70.6 Å². The molecule has 0 fully saturated rings. The largest absolute Gasteiger partial charge is 0.477 e. The lowest BCUT2D eigenvalue weighted by atomic mass is 10.0. The number of rotatable bonds is 68. The van der Waals surface area contributed by atoms with E-state index in [1.54, 1.807) is 0 Å². The number of allylic oxidation sites excluding steroid dienone is 18. The third-order valence-corrected chi connectivity index (χ3v) is 16.0. The van der Waals surface area contributed by atoms with Crippen molar-refractivity contribution in [3.63, 3.8) is 0 Å². The third kappa shape index (κ3) is 71.3. The number of ether oxygens (including phenoxy) is 4. The molecular formula is C80H140NO8+. The van der Waals surface area contributed by atoms with E-state index >= 15 is 0 Å². The van der Waals surface area contributed by atoms with E-state index in [4.69, 9.17) is 18.9 Å². The van der Waals surface area contributed by atoms with Crippen molar-refractivity contribution in [2.24, 2.45) is 0 Å². The van der Waals surface area contributed by atoms with Crippen molar-refractivity contribution in [3.05, 3.63) is 109 Å². The Morgan fingerprint density at radius 3 is 0.989 bits per heavy atom. The molecule has 512 valence electrons. The summed E-state index contributed by atoms with van der Waals surface area (Å²) in [5, 5.41) is 9.74. The summed E-state index contributed by atoms with van der Waals surface area (Å²) >= 11 is 0. The van der Waals surface area contributed by atoms with Crippen LogP contribution in [0.15, 0.2) is 109 Å². The van der Waals surface area contributed by atoms with Crippen LogP contribution >= 0.6 is 0 Å². The van der Waals surface area contributed by atoms with E-state index in [2.05, 4.69) is 123 Å². The molecule has 0 spiro atoms. The number of carbonyl (C=O) groups excluding carboxylic acids is 2. The minimum atomic E-state index is -1.53. The van der Waals surface area contributed by atoms with Crippen LogP contribution in [0.4, 0.5) is 0 Å². The maximum Gasteiger partial charge on any atom is 0.361 e. The fourth-order valence-electron chi connectivity index (χ4n) is 10.4. The second-order valence-corrected chi connectivity index (χ2v) is 25.9. The SMILES string of the molecule is CC/C=C\C/C=C\C/C=C\C/C=C\C/C=C\C/C=C\C/C=C\CCCC(=O)OC(COC(=O)CCCCCCCCCCCCCCCCCCCCCCCCCCCCCCC/C=C\C/C=C\CCCCCCC)COC(OCC[N+](C)(C)C)C(=O)O. The quantitative estimate of drug-likeness (QED) is 0.0211. The Morgan fingerprint density at radius 1 is 0.348 bits per heavy atom. The number of carbonyl (C=O) groups is 3. The van der Waals surface area contributed by atoms with Gasteiger partial charge in [0.2, 0.25) is 0 Å². The Labute approximate surface area is 549 Å². The van der Waals surface area contributed by atoms with Crippen molar-refractivity contribution < 1.29 is 42.9 Å². The predicted octanol–water partition coefficient (Wildman–Crippen LogP) is 23.4. The van der Waals surface area contributed by atoms with E-state index in [0.29, 0.717) is 23.9 Å². The molecule has 9 heteroatoms. The summed E-state index contributed by atoms with van der Waals surface area (Å²) in [4.78, 5) is 37.6.